The predicted molar refractivity (Wildman–Crippen MR) is 63.5 cm³/mol. The van der Waals surface area contributed by atoms with E-state index in [4.69, 9.17) is 0 Å². The number of piperidine rings is 1. The lowest BCUT2D eigenvalue weighted by Gasteiger charge is -2.24. The average Bonchev–Trinajstić information content (AvgIpc) is 2.19. The third-order valence-electron chi connectivity index (χ3n) is 2.84. The standard InChI is InChI=1S/C12H16BrN/c1-9-5-6-10(11(13)8-9)12-4-2-3-7-14-12/h5-6,8,12,14H,2-4,7H2,1H3/t12-/m0/s1. The van der Waals surface area contributed by atoms with Gasteiger partial charge in [-0.15, -0.1) is 0 Å². The Morgan fingerprint density at radius 2 is 2.21 bits per heavy atom. The monoisotopic (exact) mass is 253 g/mol. The van der Waals surface area contributed by atoms with E-state index in [2.05, 4.69) is 46.4 Å². The lowest BCUT2D eigenvalue weighted by Crippen LogP contribution is -2.26. The molecule has 0 spiro atoms. The van der Waals surface area contributed by atoms with Gasteiger partial charge in [0, 0.05) is 10.5 Å². The number of hydrogen-bond acceptors (Lipinski definition) is 1. The molecule has 0 amide bonds. The fraction of sp³-hybridized carbons (Fsp3) is 0.500. The lowest BCUT2D eigenvalue weighted by molar-refractivity contribution is 0.411. The number of nitrogens with one attached hydrogen (secondary N) is 1. The van der Waals surface area contributed by atoms with E-state index in [0.717, 1.165) is 6.54 Å². The maximum atomic E-state index is 3.64. The third-order valence-corrected chi connectivity index (χ3v) is 3.53. The van der Waals surface area contributed by atoms with Crippen LogP contribution in [0.4, 0.5) is 0 Å². The topological polar surface area (TPSA) is 12.0 Å². The molecule has 2 rings (SSSR count). The number of rotatable bonds is 1. The van der Waals surface area contributed by atoms with E-state index in [9.17, 15) is 0 Å². The highest BCUT2D eigenvalue weighted by atomic mass is 79.9. The van der Waals surface area contributed by atoms with Crippen molar-refractivity contribution < 1.29 is 0 Å². The molecule has 1 aliphatic heterocycles. The molecule has 1 aromatic rings. The molecule has 1 N–H and O–H groups in total. The predicted octanol–water partition coefficient (Wildman–Crippen LogP) is 3.57. The van der Waals surface area contributed by atoms with Crippen molar-refractivity contribution in [2.45, 2.75) is 32.2 Å². The molecule has 1 atom stereocenters. The summed E-state index contributed by atoms with van der Waals surface area (Å²) in [6.45, 7) is 3.29. The van der Waals surface area contributed by atoms with Crippen molar-refractivity contribution in [3.63, 3.8) is 0 Å². The Balaban J connectivity index is 2.22. The van der Waals surface area contributed by atoms with Crippen LogP contribution in [0.1, 0.15) is 36.4 Å². The molecule has 1 heterocycles. The zero-order valence-electron chi connectivity index (χ0n) is 8.52. The molecule has 1 fully saturated rings. The maximum Gasteiger partial charge on any atom is 0.0331 e. The Kier molecular flexibility index (Phi) is 3.24. The second-order valence-corrected chi connectivity index (χ2v) is 4.88. The highest BCUT2D eigenvalue weighted by Gasteiger charge is 2.16. The van der Waals surface area contributed by atoms with Gasteiger partial charge in [0.15, 0.2) is 0 Å². The van der Waals surface area contributed by atoms with Gasteiger partial charge in [-0.1, -0.05) is 34.5 Å². The molecule has 2 heteroatoms. The van der Waals surface area contributed by atoms with E-state index >= 15 is 0 Å². The van der Waals surface area contributed by atoms with Crippen molar-refractivity contribution in [1.82, 2.24) is 5.32 Å². The molecule has 14 heavy (non-hydrogen) atoms. The van der Waals surface area contributed by atoms with Crippen molar-refractivity contribution >= 4 is 15.9 Å². The van der Waals surface area contributed by atoms with E-state index < -0.39 is 0 Å². The fourth-order valence-electron chi connectivity index (χ4n) is 2.03. The summed E-state index contributed by atoms with van der Waals surface area (Å²) >= 11 is 3.64. The van der Waals surface area contributed by atoms with Crippen molar-refractivity contribution in [3.05, 3.63) is 33.8 Å². The molecular formula is C12H16BrN. The molecular weight excluding hydrogens is 238 g/mol. The van der Waals surface area contributed by atoms with Gasteiger partial charge in [0.2, 0.25) is 0 Å². The number of aryl methyl sites for hydroxylation is 1. The molecule has 0 unspecified atom stereocenters. The minimum atomic E-state index is 0.554. The molecule has 0 aliphatic carbocycles. The van der Waals surface area contributed by atoms with Crippen LogP contribution in [0.3, 0.4) is 0 Å². The Labute approximate surface area is 94.0 Å². The van der Waals surface area contributed by atoms with Crippen LogP contribution in [0, 0.1) is 6.92 Å². The Hall–Kier alpha value is -0.340. The Morgan fingerprint density at radius 1 is 1.36 bits per heavy atom. The summed E-state index contributed by atoms with van der Waals surface area (Å²) < 4.78 is 1.25. The third kappa shape index (κ3) is 2.18. The summed E-state index contributed by atoms with van der Waals surface area (Å²) in [7, 11) is 0. The molecule has 1 nitrogen and oxygen atoms in total. The van der Waals surface area contributed by atoms with Gasteiger partial charge in [0.25, 0.3) is 0 Å². The fourth-order valence-corrected chi connectivity index (χ4v) is 2.80. The normalized spacial score (nSPS) is 22.3. The van der Waals surface area contributed by atoms with E-state index in [1.807, 2.05) is 0 Å². The zero-order valence-corrected chi connectivity index (χ0v) is 10.1. The zero-order chi connectivity index (χ0) is 9.97. The quantitative estimate of drug-likeness (QED) is 0.807. The first-order valence-electron chi connectivity index (χ1n) is 5.27. The summed E-state index contributed by atoms with van der Waals surface area (Å²) in [4.78, 5) is 0. The maximum absolute atomic E-state index is 3.64. The SMILES string of the molecule is Cc1ccc([C@@H]2CCCCN2)c(Br)c1. The van der Waals surface area contributed by atoms with Crippen LogP contribution in [-0.2, 0) is 0 Å². The van der Waals surface area contributed by atoms with Crippen molar-refractivity contribution in [3.8, 4) is 0 Å². The van der Waals surface area contributed by atoms with Crippen molar-refractivity contribution in [2.75, 3.05) is 6.54 Å². The molecule has 0 bridgehead atoms. The molecule has 1 aliphatic rings. The van der Waals surface area contributed by atoms with E-state index in [-0.39, 0.29) is 0 Å². The molecule has 1 saturated heterocycles. The first kappa shape index (κ1) is 10.2. The summed E-state index contributed by atoms with van der Waals surface area (Å²) in [5, 5.41) is 3.57. The smallest absolute Gasteiger partial charge is 0.0331 e. The Bertz CT molecular complexity index is 316. The highest BCUT2D eigenvalue weighted by Crippen LogP contribution is 2.29. The summed E-state index contributed by atoms with van der Waals surface area (Å²) in [6.07, 6.45) is 3.93. The van der Waals surface area contributed by atoms with Crippen LogP contribution < -0.4 is 5.32 Å². The van der Waals surface area contributed by atoms with Gasteiger partial charge >= 0.3 is 0 Å². The molecule has 1 aromatic carbocycles. The number of benzene rings is 1. The molecule has 76 valence electrons. The molecule has 0 saturated carbocycles. The van der Waals surface area contributed by atoms with Crippen LogP contribution in [0.25, 0.3) is 0 Å². The second kappa shape index (κ2) is 4.45. The van der Waals surface area contributed by atoms with Gasteiger partial charge in [-0.25, -0.2) is 0 Å². The van der Waals surface area contributed by atoms with Crippen LogP contribution in [0.2, 0.25) is 0 Å². The largest absolute Gasteiger partial charge is 0.310 e. The van der Waals surface area contributed by atoms with E-state index in [1.54, 1.807) is 0 Å². The van der Waals surface area contributed by atoms with Crippen molar-refractivity contribution in [1.29, 1.82) is 0 Å². The van der Waals surface area contributed by atoms with Gasteiger partial charge in [0.05, 0.1) is 0 Å². The van der Waals surface area contributed by atoms with Crippen molar-refractivity contribution in [2.24, 2.45) is 0 Å². The van der Waals surface area contributed by atoms with Gasteiger partial charge in [0.1, 0.15) is 0 Å². The minimum absolute atomic E-state index is 0.554. The van der Waals surface area contributed by atoms with Crippen LogP contribution in [-0.4, -0.2) is 6.54 Å². The first-order valence-corrected chi connectivity index (χ1v) is 6.06. The van der Waals surface area contributed by atoms with Crippen LogP contribution in [0.5, 0.6) is 0 Å². The molecule has 0 radical (unpaired) electrons. The summed E-state index contributed by atoms with van der Waals surface area (Å²) in [5.41, 5.74) is 2.73. The van der Waals surface area contributed by atoms with Gasteiger partial charge in [-0.05, 0) is 43.5 Å². The average molecular weight is 254 g/mol. The van der Waals surface area contributed by atoms with E-state index in [1.165, 1.54) is 34.9 Å². The number of halogens is 1. The highest BCUT2D eigenvalue weighted by molar-refractivity contribution is 9.10. The minimum Gasteiger partial charge on any atom is -0.310 e. The van der Waals surface area contributed by atoms with Gasteiger partial charge in [-0.3, -0.25) is 0 Å². The van der Waals surface area contributed by atoms with Gasteiger partial charge < -0.3 is 5.32 Å². The summed E-state index contributed by atoms with van der Waals surface area (Å²) in [5.74, 6) is 0. The number of hydrogen-bond donors (Lipinski definition) is 1. The second-order valence-electron chi connectivity index (χ2n) is 4.03. The van der Waals surface area contributed by atoms with Gasteiger partial charge in [-0.2, -0.15) is 0 Å². The van der Waals surface area contributed by atoms with E-state index in [0.29, 0.717) is 6.04 Å². The van der Waals surface area contributed by atoms with Crippen LogP contribution >= 0.6 is 15.9 Å². The van der Waals surface area contributed by atoms with Crippen LogP contribution in [0.15, 0.2) is 22.7 Å². The lowest BCUT2D eigenvalue weighted by atomic mass is 9.97. The summed E-state index contributed by atoms with van der Waals surface area (Å²) in [6, 6.07) is 7.18. The first-order chi connectivity index (χ1) is 6.77. The molecule has 0 aromatic heterocycles. The Morgan fingerprint density at radius 3 is 2.86 bits per heavy atom.